The van der Waals surface area contributed by atoms with Crippen LogP contribution in [-0.2, 0) is 6.54 Å². The molecule has 0 amide bonds. The van der Waals surface area contributed by atoms with Gasteiger partial charge in [0.15, 0.2) is 5.65 Å². The summed E-state index contributed by atoms with van der Waals surface area (Å²) in [5.74, 6) is 1.06. The molecule has 0 spiro atoms. The van der Waals surface area contributed by atoms with Crippen molar-refractivity contribution in [3.8, 4) is 11.3 Å². The largest absolute Gasteiger partial charge is 0.394 e. The summed E-state index contributed by atoms with van der Waals surface area (Å²) in [7, 11) is 0. The van der Waals surface area contributed by atoms with Crippen LogP contribution in [0.5, 0.6) is 0 Å². The Hall–Kier alpha value is -3.56. The molecule has 4 aromatic rings. The van der Waals surface area contributed by atoms with E-state index in [2.05, 4.69) is 44.5 Å². The number of nitrogens with one attached hydrogen (secondary N) is 2. The average molecular weight is 448 g/mol. The lowest BCUT2D eigenvalue weighted by molar-refractivity contribution is 0.132. The van der Waals surface area contributed by atoms with Gasteiger partial charge in [0.25, 0.3) is 0 Å². The van der Waals surface area contributed by atoms with Crippen LogP contribution < -0.4 is 10.6 Å². The van der Waals surface area contributed by atoms with Crippen molar-refractivity contribution >= 4 is 17.5 Å². The van der Waals surface area contributed by atoms with Crippen LogP contribution in [0.25, 0.3) is 16.9 Å². The van der Waals surface area contributed by atoms with Gasteiger partial charge in [0, 0.05) is 23.9 Å². The smallest absolute Gasteiger partial charge is 0.229 e. The van der Waals surface area contributed by atoms with Gasteiger partial charge in [0.2, 0.25) is 11.9 Å². The minimum Gasteiger partial charge on any atom is -0.394 e. The van der Waals surface area contributed by atoms with Crippen LogP contribution in [0, 0.1) is 0 Å². The van der Waals surface area contributed by atoms with Gasteiger partial charge in [-0.05, 0) is 30.5 Å². The topological polar surface area (TPSA) is 120 Å². The Morgan fingerprint density at radius 1 is 1.03 bits per heavy atom. The molecule has 2 atom stereocenters. The molecule has 0 aliphatic heterocycles. The number of nitrogens with zero attached hydrogens (tertiary/aromatic N) is 5. The van der Waals surface area contributed by atoms with Gasteiger partial charge in [-0.1, -0.05) is 44.2 Å². The van der Waals surface area contributed by atoms with Gasteiger partial charge in [-0.15, -0.1) is 0 Å². The maximum absolute atomic E-state index is 9.90. The third-order valence-corrected chi connectivity index (χ3v) is 5.48. The second-order valence-corrected chi connectivity index (χ2v) is 8.30. The molecule has 0 fully saturated rings. The quantitative estimate of drug-likeness (QED) is 0.309. The molecule has 0 aliphatic rings. The van der Waals surface area contributed by atoms with Gasteiger partial charge in [-0.2, -0.15) is 19.6 Å². The zero-order chi connectivity index (χ0) is 23.4. The molecule has 0 radical (unpaired) electrons. The lowest BCUT2D eigenvalue weighted by Crippen LogP contribution is -2.35. The predicted molar refractivity (Wildman–Crippen MR) is 128 cm³/mol. The standard InChI is InChI=1S/C24H29N7O2/c1-15(2)19-13-27-31-22(19)29-23(28-21(14-32)16(3)33)30-24(31)26-12-17-7-9-18(10-8-17)20-6-4-5-11-25-20/h4-11,13,15-16,21,32-33H,12,14H2,1-3H3,(H2,26,28,29,30)/t16-,21-/m0/s1. The minimum absolute atomic E-state index is 0.225. The highest BCUT2D eigenvalue weighted by Gasteiger charge is 2.19. The first-order valence-corrected chi connectivity index (χ1v) is 11.0. The van der Waals surface area contributed by atoms with Gasteiger partial charge in [-0.25, -0.2) is 0 Å². The number of hydrogen-bond donors (Lipinski definition) is 4. The average Bonchev–Trinajstić information content (AvgIpc) is 3.26. The van der Waals surface area contributed by atoms with Crippen molar-refractivity contribution in [3.63, 3.8) is 0 Å². The van der Waals surface area contributed by atoms with Gasteiger partial charge in [0.05, 0.1) is 30.6 Å². The predicted octanol–water partition coefficient (Wildman–Crippen LogP) is 3.08. The highest BCUT2D eigenvalue weighted by molar-refractivity contribution is 5.59. The van der Waals surface area contributed by atoms with Gasteiger partial charge in [-0.3, -0.25) is 4.98 Å². The van der Waals surface area contributed by atoms with Crippen LogP contribution in [0.3, 0.4) is 0 Å². The number of anilines is 2. The number of benzene rings is 1. The summed E-state index contributed by atoms with van der Waals surface area (Å²) in [5, 5.41) is 30.3. The fourth-order valence-corrected chi connectivity index (χ4v) is 3.47. The Morgan fingerprint density at radius 3 is 2.45 bits per heavy atom. The second-order valence-electron chi connectivity index (χ2n) is 8.30. The number of aliphatic hydroxyl groups is 2. The number of aliphatic hydroxyl groups excluding tert-OH is 2. The highest BCUT2D eigenvalue weighted by Crippen LogP contribution is 2.23. The van der Waals surface area contributed by atoms with Crippen LogP contribution in [0.2, 0.25) is 0 Å². The third-order valence-electron chi connectivity index (χ3n) is 5.48. The molecule has 3 aromatic heterocycles. The second kappa shape index (κ2) is 9.93. The summed E-state index contributed by atoms with van der Waals surface area (Å²) in [4.78, 5) is 13.5. The third kappa shape index (κ3) is 5.10. The highest BCUT2D eigenvalue weighted by atomic mass is 16.3. The normalized spacial score (nSPS) is 13.3. The number of hydrogen-bond acceptors (Lipinski definition) is 8. The molecule has 9 heteroatoms. The van der Waals surface area contributed by atoms with E-state index >= 15 is 0 Å². The molecule has 1 aromatic carbocycles. The van der Waals surface area contributed by atoms with Crippen LogP contribution in [0.15, 0.2) is 54.9 Å². The molecular weight excluding hydrogens is 418 g/mol. The summed E-state index contributed by atoms with van der Waals surface area (Å²) in [6.07, 6.45) is 2.81. The summed E-state index contributed by atoms with van der Waals surface area (Å²) in [6, 6.07) is 13.5. The maximum atomic E-state index is 9.90. The molecule has 33 heavy (non-hydrogen) atoms. The zero-order valence-corrected chi connectivity index (χ0v) is 19.0. The Balaban J connectivity index is 1.59. The first kappa shape index (κ1) is 22.6. The number of fused-ring (bicyclic) bond motifs is 1. The summed E-state index contributed by atoms with van der Waals surface area (Å²) in [6.45, 7) is 6.06. The lowest BCUT2D eigenvalue weighted by Gasteiger charge is -2.19. The minimum atomic E-state index is -0.765. The molecule has 9 nitrogen and oxygen atoms in total. The Labute approximate surface area is 192 Å². The SMILES string of the molecule is CC(C)c1cnn2c(NCc3ccc(-c4ccccn4)cc3)nc(N[C@@H](CO)[C@H](C)O)nc12. The summed E-state index contributed by atoms with van der Waals surface area (Å²) >= 11 is 0. The van der Waals surface area contributed by atoms with Crippen molar-refractivity contribution in [1.82, 2.24) is 24.6 Å². The molecule has 4 N–H and O–H groups in total. The molecule has 0 saturated carbocycles. The zero-order valence-electron chi connectivity index (χ0n) is 19.0. The van der Waals surface area contributed by atoms with Crippen molar-refractivity contribution in [1.29, 1.82) is 0 Å². The molecular formula is C24H29N7O2. The molecule has 0 unspecified atom stereocenters. The van der Waals surface area contributed by atoms with E-state index in [0.717, 1.165) is 22.4 Å². The fourth-order valence-electron chi connectivity index (χ4n) is 3.47. The number of rotatable bonds is 9. The van der Waals surface area contributed by atoms with E-state index in [-0.39, 0.29) is 12.5 Å². The monoisotopic (exact) mass is 447 g/mol. The molecule has 0 saturated heterocycles. The Morgan fingerprint density at radius 2 is 1.82 bits per heavy atom. The molecule has 3 heterocycles. The Kier molecular flexibility index (Phi) is 6.81. The van der Waals surface area contributed by atoms with Crippen LogP contribution in [0.1, 0.15) is 37.8 Å². The van der Waals surface area contributed by atoms with E-state index in [0.29, 0.717) is 24.1 Å². The van der Waals surface area contributed by atoms with Crippen LogP contribution >= 0.6 is 0 Å². The van der Waals surface area contributed by atoms with Gasteiger partial charge in [0.1, 0.15) is 0 Å². The lowest BCUT2D eigenvalue weighted by atomic mass is 10.1. The van der Waals surface area contributed by atoms with E-state index in [4.69, 9.17) is 0 Å². The molecule has 172 valence electrons. The van der Waals surface area contributed by atoms with Crippen molar-refractivity contribution < 1.29 is 10.2 Å². The van der Waals surface area contributed by atoms with Crippen LogP contribution in [0.4, 0.5) is 11.9 Å². The molecule has 0 aliphatic carbocycles. The number of aromatic nitrogens is 5. The summed E-state index contributed by atoms with van der Waals surface area (Å²) in [5.41, 5.74) is 4.72. The first-order valence-electron chi connectivity index (χ1n) is 11.0. The molecule has 0 bridgehead atoms. The van der Waals surface area contributed by atoms with E-state index in [9.17, 15) is 10.2 Å². The molecule has 4 rings (SSSR count). The van der Waals surface area contributed by atoms with Crippen molar-refractivity contribution in [2.45, 2.75) is 45.4 Å². The number of pyridine rings is 1. The Bertz CT molecular complexity index is 1190. The van der Waals surface area contributed by atoms with E-state index in [1.54, 1.807) is 23.8 Å². The van der Waals surface area contributed by atoms with E-state index in [1.165, 1.54) is 0 Å². The van der Waals surface area contributed by atoms with Crippen LogP contribution in [-0.4, -0.2) is 53.5 Å². The fraction of sp³-hybridized carbons (Fsp3) is 0.333. The van der Waals surface area contributed by atoms with Gasteiger partial charge < -0.3 is 20.8 Å². The van der Waals surface area contributed by atoms with Crippen molar-refractivity contribution in [2.24, 2.45) is 0 Å². The van der Waals surface area contributed by atoms with Crippen molar-refractivity contribution in [3.05, 3.63) is 66.0 Å². The van der Waals surface area contributed by atoms with E-state index < -0.39 is 12.1 Å². The maximum Gasteiger partial charge on any atom is 0.229 e. The first-order chi connectivity index (χ1) is 16.0. The van der Waals surface area contributed by atoms with Gasteiger partial charge >= 0.3 is 0 Å². The summed E-state index contributed by atoms with van der Waals surface area (Å²) < 4.78 is 1.68. The van der Waals surface area contributed by atoms with E-state index in [1.807, 2.05) is 42.5 Å². The van der Waals surface area contributed by atoms with Crippen molar-refractivity contribution in [2.75, 3.05) is 17.2 Å².